The van der Waals surface area contributed by atoms with Crippen molar-refractivity contribution < 1.29 is 24.2 Å². The zero-order chi connectivity index (χ0) is 22.1. The minimum atomic E-state index is -1.09. The first-order valence-electron chi connectivity index (χ1n) is 9.87. The van der Waals surface area contributed by atoms with E-state index in [9.17, 15) is 14.7 Å². The number of nitrogens with one attached hydrogen (secondary N) is 1. The summed E-state index contributed by atoms with van der Waals surface area (Å²) in [7, 11) is 2.66. The second-order valence-corrected chi connectivity index (χ2v) is 7.71. The molecule has 7 nitrogen and oxygen atoms in total. The summed E-state index contributed by atoms with van der Waals surface area (Å²) < 4.78 is 9.84. The van der Waals surface area contributed by atoms with Gasteiger partial charge in [-0.05, 0) is 29.3 Å². The minimum Gasteiger partial charge on any atom is -0.468 e. The molecule has 2 heterocycles. The normalized spacial score (nSPS) is 19.6. The van der Waals surface area contributed by atoms with Gasteiger partial charge in [0.1, 0.15) is 12.3 Å². The summed E-state index contributed by atoms with van der Waals surface area (Å²) in [4.78, 5) is 29.7. The van der Waals surface area contributed by atoms with Crippen molar-refractivity contribution in [3.05, 3.63) is 70.9 Å². The molecular formula is C23H23ClN2O5. The van der Waals surface area contributed by atoms with Crippen LogP contribution in [-0.4, -0.2) is 59.3 Å². The van der Waals surface area contributed by atoms with Crippen molar-refractivity contribution in [3.63, 3.8) is 0 Å². The Kier molecular flexibility index (Phi) is 6.00. The largest absolute Gasteiger partial charge is 0.468 e. The number of nitrogens with zero attached hydrogens (tertiary/aromatic N) is 1. The van der Waals surface area contributed by atoms with Gasteiger partial charge in [-0.25, -0.2) is 4.79 Å². The molecule has 162 valence electrons. The van der Waals surface area contributed by atoms with Crippen LogP contribution in [0.25, 0.3) is 10.9 Å². The van der Waals surface area contributed by atoms with Crippen molar-refractivity contribution in [3.8, 4) is 0 Å². The molecule has 1 aromatic heterocycles. The standard InChI is InChI=1S/C23H23ClN2O5/c1-30-22(28)14-9-7-13(8-10-14)21-20-16(15-5-3-4-6-17(15)25-20)11-18(23(29)31-2)26(21)19(27)12-24/h3-10,18-19,21,25,27H,11-12H2,1-2H3/t18-,19-,21?/m1/s1. The summed E-state index contributed by atoms with van der Waals surface area (Å²) in [6.07, 6.45) is -0.716. The Morgan fingerprint density at radius 1 is 1.16 bits per heavy atom. The van der Waals surface area contributed by atoms with Gasteiger partial charge >= 0.3 is 11.9 Å². The van der Waals surface area contributed by atoms with E-state index in [1.165, 1.54) is 14.2 Å². The molecule has 0 bridgehead atoms. The lowest BCUT2D eigenvalue weighted by molar-refractivity contribution is -0.154. The first kappa shape index (κ1) is 21.4. The number of halogens is 1. The number of methoxy groups -OCH3 is 2. The number of esters is 2. The number of aromatic nitrogens is 1. The second kappa shape index (κ2) is 8.70. The third-order valence-electron chi connectivity index (χ3n) is 5.78. The zero-order valence-electron chi connectivity index (χ0n) is 17.2. The number of benzene rings is 2. The monoisotopic (exact) mass is 442 g/mol. The van der Waals surface area contributed by atoms with Crippen LogP contribution in [0.15, 0.2) is 48.5 Å². The van der Waals surface area contributed by atoms with Gasteiger partial charge in [-0.15, -0.1) is 11.6 Å². The zero-order valence-corrected chi connectivity index (χ0v) is 17.9. The molecule has 0 saturated carbocycles. The number of rotatable bonds is 5. The van der Waals surface area contributed by atoms with Gasteiger partial charge in [0.05, 0.1) is 31.7 Å². The number of fused-ring (bicyclic) bond motifs is 3. The van der Waals surface area contributed by atoms with Crippen LogP contribution in [0.5, 0.6) is 0 Å². The lowest BCUT2D eigenvalue weighted by Gasteiger charge is -2.43. The quantitative estimate of drug-likeness (QED) is 0.466. The average Bonchev–Trinajstić information content (AvgIpc) is 3.19. The van der Waals surface area contributed by atoms with Crippen LogP contribution in [0.4, 0.5) is 0 Å². The van der Waals surface area contributed by atoms with Crippen LogP contribution < -0.4 is 0 Å². The number of hydrogen-bond donors (Lipinski definition) is 2. The highest BCUT2D eigenvalue weighted by atomic mass is 35.5. The van der Waals surface area contributed by atoms with Gasteiger partial charge in [-0.1, -0.05) is 30.3 Å². The van der Waals surface area contributed by atoms with Crippen LogP contribution in [-0.2, 0) is 20.7 Å². The highest BCUT2D eigenvalue weighted by molar-refractivity contribution is 6.18. The Hall–Kier alpha value is -2.87. The molecule has 2 aromatic carbocycles. The molecule has 0 fully saturated rings. The van der Waals surface area contributed by atoms with Gasteiger partial charge in [0.2, 0.25) is 0 Å². The smallest absolute Gasteiger partial charge is 0.337 e. The van der Waals surface area contributed by atoms with Crippen molar-refractivity contribution >= 4 is 34.4 Å². The molecule has 4 rings (SSSR count). The lowest BCUT2D eigenvalue weighted by atomic mass is 9.87. The topological polar surface area (TPSA) is 91.9 Å². The molecule has 1 unspecified atom stereocenters. The molecule has 0 aliphatic carbocycles. The third kappa shape index (κ3) is 3.69. The van der Waals surface area contributed by atoms with Gasteiger partial charge in [0, 0.05) is 23.0 Å². The van der Waals surface area contributed by atoms with Crippen LogP contribution in [0.2, 0.25) is 0 Å². The van der Waals surface area contributed by atoms with Gasteiger partial charge in [0.25, 0.3) is 0 Å². The van der Waals surface area contributed by atoms with Crippen LogP contribution in [0.1, 0.15) is 33.2 Å². The van der Waals surface area contributed by atoms with Crippen molar-refractivity contribution in [2.24, 2.45) is 0 Å². The molecule has 1 aliphatic rings. The number of alkyl halides is 1. The van der Waals surface area contributed by atoms with E-state index in [-0.39, 0.29) is 5.88 Å². The predicted molar refractivity (Wildman–Crippen MR) is 116 cm³/mol. The number of para-hydroxylation sites is 1. The number of ether oxygens (including phenoxy) is 2. The molecule has 31 heavy (non-hydrogen) atoms. The predicted octanol–water partition coefficient (Wildman–Crippen LogP) is 3.00. The number of H-pyrrole nitrogens is 1. The van der Waals surface area contributed by atoms with Crippen molar-refractivity contribution in [1.29, 1.82) is 0 Å². The second-order valence-electron chi connectivity index (χ2n) is 7.40. The Morgan fingerprint density at radius 2 is 1.87 bits per heavy atom. The Morgan fingerprint density at radius 3 is 2.52 bits per heavy atom. The van der Waals surface area contributed by atoms with Gasteiger partial charge in [-0.3, -0.25) is 9.69 Å². The Balaban J connectivity index is 1.91. The van der Waals surface area contributed by atoms with Crippen LogP contribution >= 0.6 is 11.6 Å². The first-order chi connectivity index (χ1) is 15.0. The first-order valence-corrected chi connectivity index (χ1v) is 10.4. The number of aliphatic hydroxyl groups excluding tert-OH is 1. The maximum Gasteiger partial charge on any atom is 0.337 e. The fourth-order valence-corrected chi connectivity index (χ4v) is 4.52. The maximum atomic E-state index is 12.7. The molecule has 0 amide bonds. The van der Waals surface area contributed by atoms with E-state index in [2.05, 4.69) is 4.98 Å². The summed E-state index contributed by atoms with van der Waals surface area (Å²) in [6, 6.07) is 13.5. The molecule has 1 aliphatic heterocycles. The third-order valence-corrected chi connectivity index (χ3v) is 6.05. The van der Waals surface area contributed by atoms with Crippen molar-refractivity contribution in [2.75, 3.05) is 20.1 Å². The summed E-state index contributed by atoms with van der Waals surface area (Å²) >= 11 is 6.03. The van der Waals surface area contributed by atoms with Gasteiger partial charge in [0.15, 0.2) is 0 Å². The molecule has 8 heteroatoms. The Labute approximate surface area is 184 Å². The van der Waals surface area contributed by atoms with Crippen LogP contribution in [0, 0.1) is 0 Å². The summed E-state index contributed by atoms with van der Waals surface area (Å²) in [5.74, 6) is -0.970. The fourth-order valence-electron chi connectivity index (χ4n) is 4.36. The number of carbonyl (C=O) groups excluding carboxylic acids is 2. The van der Waals surface area contributed by atoms with Gasteiger partial charge in [-0.2, -0.15) is 0 Å². The van der Waals surface area contributed by atoms with E-state index in [1.54, 1.807) is 29.2 Å². The molecule has 3 aromatic rings. The van der Waals surface area contributed by atoms with E-state index in [1.807, 2.05) is 24.3 Å². The summed E-state index contributed by atoms with van der Waals surface area (Å²) in [5.41, 5.74) is 4.00. The highest BCUT2D eigenvalue weighted by Gasteiger charge is 2.44. The molecule has 0 saturated heterocycles. The number of hydrogen-bond acceptors (Lipinski definition) is 6. The van der Waals surface area contributed by atoms with Gasteiger partial charge < -0.3 is 19.6 Å². The van der Waals surface area contributed by atoms with E-state index in [4.69, 9.17) is 21.1 Å². The highest BCUT2D eigenvalue weighted by Crippen LogP contribution is 2.42. The number of aliphatic hydroxyl groups is 1. The van der Waals surface area contributed by atoms with Crippen LogP contribution in [0.3, 0.4) is 0 Å². The lowest BCUT2D eigenvalue weighted by Crippen LogP contribution is -2.54. The summed E-state index contributed by atoms with van der Waals surface area (Å²) in [5, 5.41) is 11.8. The fraction of sp³-hybridized carbons (Fsp3) is 0.304. The van der Waals surface area contributed by atoms with E-state index in [0.29, 0.717) is 12.0 Å². The van der Waals surface area contributed by atoms with E-state index >= 15 is 0 Å². The molecule has 0 spiro atoms. The minimum absolute atomic E-state index is 0.0835. The average molecular weight is 443 g/mol. The Bertz CT molecular complexity index is 1110. The van der Waals surface area contributed by atoms with E-state index in [0.717, 1.165) is 27.7 Å². The molecular weight excluding hydrogens is 420 g/mol. The van der Waals surface area contributed by atoms with E-state index < -0.39 is 30.3 Å². The maximum absolute atomic E-state index is 12.7. The van der Waals surface area contributed by atoms with Crippen molar-refractivity contribution in [2.45, 2.75) is 24.7 Å². The number of aromatic amines is 1. The van der Waals surface area contributed by atoms with Crippen molar-refractivity contribution in [1.82, 2.24) is 9.88 Å². The summed E-state index contributed by atoms with van der Waals surface area (Å²) in [6.45, 7) is 0. The SMILES string of the molecule is COC(=O)c1ccc(C2c3[nH]c4ccccc4c3C[C@H](C(=O)OC)N2[C@H](O)CCl)cc1. The molecule has 3 atom stereocenters. The molecule has 0 radical (unpaired) electrons. The number of carbonyl (C=O) groups is 2. The molecule has 2 N–H and O–H groups in total.